The average Bonchev–Trinajstić information content (AvgIpc) is 3.22. The quantitative estimate of drug-likeness (QED) is 0.802. The van der Waals surface area contributed by atoms with E-state index >= 15 is 0 Å². The van der Waals surface area contributed by atoms with Crippen LogP contribution >= 0.6 is 0 Å². The van der Waals surface area contributed by atoms with Gasteiger partial charge in [-0.25, -0.2) is 8.42 Å². The van der Waals surface area contributed by atoms with Crippen LogP contribution in [0.2, 0.25) is 0 Å². The SMILES string of the molecule is O=C(C[NH+]1CCCCC1)N1CCN(S(=O)(=O)c2ccccc2)C1c1ccccc1. The molecular weight excluding hydrogens is 386 g/mol. The number of hydrogen-bond acceptors (Lipinski definition) is 3. The van der Waals surface area contributed by atoms with Crippen LogP contribution < -0.4 is 4.90 Å². The minimum Gasteiger partial charge on any atom is -0.327 e. The maximum atomic E-state index is 13.4. The lowest BCUT2D eigenvalue weighted by Gasteiger charge is -2.31. The highest BCUT2D eigenvalue weighted by Gasteiger charge is 2.43. The van der Waals surface area contributed by atoms with Crippen LogP contribution in [0.15, 0.2) is 65.6 Å². The zero-order chi connectivity index (χ0) is 20.3. The molecule has 2 aliphatic rings. The third-order valence-electron chi connectivity index (χ3n) is 5.86. The second-order valence-electron chi connectivity index (χ2n) is 7.79. The average molecular weight is 415 g/mol. The molecule has 2 fully saturated rings. The van der Waals surface area contributed by atoms with Crippen LogP contribution in [0.1, 0.15) is 31.0 Å². The first kappa shape index (κ1) is 20.1. The van der Waals surface area contributed by atoms with Gasteiger partial charge in [0.15, 0.2) is 6.54 Å². The van der Waals surface area contributed by atoms with Crippen molar-refractivity contribution in [1.29, 1.82) is 0 Å². The van der Waals surface area contributed by atoms with Crippen molar-refractivity contribution in [2.75, 3.05) is 32.7 Å². The zero-order valence-corrected chi connectivity index (χ0v) is 17.4. The van der Waals surface area contributed by atoms with Gasteiger partial charge in [-0.15, -0.1) is 0 Å². The molecule has 1 N–H and O–H groups in total. The predicted molar refractivity (Wildman–Crippen MR) is 111 cm³/mol. The van der Waals surface area contributed by atoms with Crippen LogP contribution in [0, 0.1) is 0 Å². The summed E-state index contributed by atoms with van der Waals surface area (Å²) < 4.78 is 28.2. The minimum absolute atomic E-state index is 0.0292. The monoisotopic (exact) mass is 414 g/mol. The Hall–Kier alpha value is -2.22. The van der Waals surface area contributed by atoms with Crippen molar-refractivity contribution in [2.45, 2.75) is 30.3 Å². The van der Waals surface area contributed by atoms with Crippen molar-refractivity contribution in [3.8, 4) is 0 Å². The summed E-state index contributed by atoms with van der Waals surface area (Å²) in [6, 6.07) is 18.0. The summed E-state index contributed by atoms with van der Waals surface area (Å²) in [4.78, 5) is 16.5. The normalized spacial score (nSPS) is 21.4. The molecule has 2 aromatic rings. The number of hydrogen-bond donors (Lipinski definition) is 1. The Morgan fingerprint density at radius 3 is 2.17 bits per heavy atom. The minimum atomic E-state index is -3.70. The molecule has 29 heavy (non-hydrogen) atoms. The number of carbonyl (C=O) groups is 1. The molecule has 0 aliphatic carbocycles. The molecule has 4 rings (SSSR count). The molecule has 0 saturated carbocycles. The molecule has 2 aliphatic heterocycles. The smallest absolute Gasteiger partial charge is 0.279 e. The summed E-state index contributed by atoms with van der Waals surface area (Å²) in [6.45, 7) is 3.18. The molecular formula is C22H28N3O3S+. The maximum absolute atomic E-state index is 13.4. The van der Waals surface area contributed by atoms with E-state index in [9.17, 15) is 13.2 Å². The fourth-order valence-corrected chi connectivity index (χ4v) is 5.95. The fraction of sp³-hybridized carbons (Fsp3) is 0.409. The molecule has 2 heterocycles. The topological polar surface area (TPSA) is 62.1 Å². The van der Waals surface area contributed by atoms with Crippen molar-refractivity contribution < 1.29 is 18.1 Å². The van der Waals surface area contributed by atoms with Gasteiger partial charge in [-0.1, -0.05) is 48.5 Å². The van der Waals surface area contributed by atoms with Gasteiger partial charge in [-0.2, -0.15) is 4.31 Å². The third kappa shape index (κ3) is 4.22. The molecule has 0 spiro atoms. The van der Waals surface area contributed by atoms with Crippen molar-refractivity contribution >= 4 is 15.9 Å². The van der Waals surface area contributed by atoms with E-state index in [-0.39, 0.29) is 10.8 Å². The van der Waals surface area contributed by atoms with Crippen LogP contribution in [0.3, 0.4) is 0 Å². The van der Waals surface area contributed by atoms with Crippen molar-refractivity contribution in [1.82, 2.24) is 9.21 Å². The van der Waals surface area contributed by atoms with E-state index in [0.29, 0.717) is 19.6 Å². The highest BCUT2D eigenvalue weighted by Crippen LogP contribution is 2.34. The van der Waals surface area contributed by atoms with E-state index in [0.717, 1.165) is 31.5 Å². The number of carbonyl (C=O) groups excluding carboxylic acids is 1. The highest BCUT2D eigenvalue weighted by atomic mass is 32.2. The Morgan fingerprint density at radius 2 is 1.52 bits per heavy atom. The fourth-order valence-electron chi connectivity index (χ4n) is 4.36. The summed E-state index contributed by atoms with van der Waals surface area (Å²) in [6.07, 6.45) is 2.94. The van der Waals surface area contributed by atoms with E-state index in [1.165, 1.54) is 15.6 Å². The number of piperidine rings is 1. The summed E-state index contributed by atoms with van der Waals surface area (Å²) in [5.74, 6) is 0.0292. The largest absolute Gasteiger partial charge is 0.327 e. The number of likely N-dealkylation sites (tertiary alicyclic amines) is 1. The standard InChI is InChI=1S/C22H27N3O3S/c26-21(18-23-14-8-3-9-15-23)24-16-17-25(22(24)19-10-4-1-5-11-19)29(27,28)20-12-6-2-7-13-20/h1-2,4-7,10-13,22H,3,8-9,14-18H2/p+1. The van der Waals surface area contributed by atoms with Gasteiger partial charge in [-0.05, 0) is 37.0 Å². The Labute approximate surface area is 172 Å². The van der Waals surface area contributed by atoms with E-state index in [1.54, 1.807) is 35.2 Å². The molecule has 7 heteroatoms. The van der Waals surface area contributed by atoms with Gasteiger partial charge >= 0.3 is 0 Å². The molecule has 0 radical (unpaired) electrons. The molecule has 2 saturated heterocycles. The Bertz CT molecular complexity index is 928. The maximum Gasteiger partial charge on any atom is 0.279 e. The third-order valence-corrected chi connectivity index (χ3v) is 7.73. The molecule has 1 atom stereocenters. The molecule has 2 aromatic carbocycles. The van der Waals surface area contributed by atoms with Gasteiger partial charge < -0.3 is 9.80 Å². The molecule has 6 nitrogen and oxygen atoms in total. The van der Waals surface area contributed by atoms with Crippen LogP contribution in [0.4, 0.5) is 0 Å². The number of rotatable bonds is 5. The molecule has 1 unspecified atom stereocenters. The lowest BCUT2D eigenvalue weighted by Crippen LogP contribution is -3.13. The number of sulfonamides is 1. The van der Waals surface area contributed by atoms with E-state index in [4.69, 9.17) is 0 Å². The van der Waals surface area contributed by atoms with Crippen LogP contribution in [-0.4, -0.2) is 56.3 Å². The molecule has 154 valence electrons. The second-order valence-corrected chi connectivity index (χ2v) is 9.68. The van der Waals surface area contributed by atoms with E-state index < -0.39 is 16.2 Å². The van der Waals surface area contributed by atoms with Crippen molar-refractivity contribution in [3.05, 3.63) is 66.2 Å². The number of amides is 1. The number of quaternary nitrogens is 1. The predicted octanol–water partition coefficient (Wildman–Crippen LogP) is 1.29. The van der Waals surface area contributed by atoms with Crippen molar-refractivity contribution in [2.24, 2.45) is 0 Å². The second kappa shape index (κ2) is 8.65. The Balaban J connectivity index is 1.63. The first-order valence-electron chi connectivity index (χ1n) is 10.3. The number of benzene rings is 2. The van der Waals surface area contributed by atoms with Gasteiger partial charge in [0.25, 0.3) is 5.91 Å². The number of nitrogens with zero attached hydrogens (tertiary/aromatic N) is 2. The van der Waals surface area contributed by atoms with E-state index in [1.807, 2.05) is 30.3 Å². The summed E-state index contributed by atoms with van der Waals surface area (Å²) in [5, 5.41) is 0. The molecule has 0 bridgehead atoms. The first-order valence-corrected chi connectivity index (χ1v) is 11.8. The number of nitrogens with one attached hydrogen (secondary N) is 1. The highest BCUT2D eigenvalue weighted by molar-refractivity contribution is 7.89. The molecule has 1 amide bonds. The van der Waals surface area contributed by atoms with Crippen LogP contribution in [0.5, 0.6) is 0 Å². The van der Waals surface area contributed by atoms with Gasteiger partial charge in [0.05, 0.1) is 18.0 Å². The molecule has 0 aromatic heterocycles. The van der Waals surface area contributed by atoms with Gasteiger partial charge in [0.2, 0.25) is 10.0 Å². The van der Waals surface area contributed by atoms with Crippen molar-refractivity contribution in [3.63, 3.8) is 0 Å². The van der Waals surface area contributed by atoms with Crippen LogP contribution in [-0.2, 0) is 14.8 Å². The van der Waals surface area contributed by atoms with E-state index in [2.05, 4.69) is 0 Å². The summed E-state index contributed by atoms with van der Waals surface area (Å²) >= 11 is 0. The first-order chi connectivity index (χ1) is 14.1. The summed E-state index contributed by atoms with van der Waals surface area (Å²) in [7, 11) is -3.70. The zero-order valence-electron chi connectivity index (χ0n) is 16.5. The Morgan fingerprint density at radius 1 is 0.897 bits per heavy atom. The Kier molecular flexibility index (Phi) is 5.99. The van der Waals surface area contributed by atoms with Gasteiger partial charge in [0.1, 0.15) is 6.17 Å². The lowest BCUT2D eigenvalue weighted by atomic mass is 10.1. The summed E-state index contributed by atoms with van der Waals surface area (Å²) in [5.41, 5.74) is 0.825. The lowest BCUT2D eigenvalue weighted by molar-refractivity contribution is -0.897. The van der Waals surface area contributed by atoms with Gasteiger partial charge in [0, 0.05) is 13.1 Å². The van der Waals surface area contributed by atoms with Gasteiger partial charge in [-0.3, -0.25) is 4.79 Å². The van der Waals surface area contributed by atoms with Crippen LogP contribution in [0.25, 0.3) is 0 Å².